The first-order valence-corrected chi connectivity index (χ1v) is 11.5. The van der Waals surface area contributed by atoms with Crippen LogP contribution in [-0.4, -0.2) is 29.9 Å². The van der Waals surface area contributed by atoms with E-state index in [1.54, 1.807) is 41.8 Å². The molecule has 0 radical (unpaired) electrons. The normalized spacial score (nSPS) is 12.5. The molecule has 182 valence electrons. The number of benzene rings is 2. The second kappa shape index (κ2) is 12.1. The van der Waals surface area contributed by atoms with Crippen molar-refractivity contribution in [1.82, 2.24) is 10.7 Å². The van der Waals surface area contributed by atoms with E-state index in [9.17, 15) is 13.2 Å². The van der Waals surface area contributed by atoms with E-state index in [1.165, 1.54) is 30.6 Å². The monoisotopic (exact) mass is 518 g/mol. The van der Waals surface area contributed by atoms with E-state index in [0.717, 1.165) is 11.1 Å². The second-order valence-electron chi connectivity index (χ2n) is 7.07. The largest absolute Gasteiger partial charge is 0.573 e. The molecule has 35 heavy (non-hydrogen) atoms. The molecule has 0 fully saturated rings. The highest BCUT2D eigenvalue weighted by molar-refractivity contribution is 7.80. The number of ether oxygens (including phenoxy) is 1. The summed E-state index contributed by atoms with van der Waals surface area (Å²) in [6, 6.07) is 14.3. The lowest BCUT2D eigenvalue weighted by Crippen LogP contribution is -2.33. The maximum absolute atomic E-state index is 12.2. The molecule has 4 N–H and O–H groups in total. The minimum Gasteiger partial charge on any atom is -0.406 e. The number of thiophene rings is 1. The number of hydrogen-bond donors (Lipinski definition) is 4. The van der Waals surface area contributed by atoms with Crippen LogP contribution in [0, 0.1) is 5.41 Å². The lowest BCUT2D eigenvalue weighted by atomic mass is 10.1. The third-order valence-corrected chi connectivity index (χ3v) is 5.38. The van der Waals surface area contributed by atoms with Crippen molar-refractivity contribution in [2.75, 3.05) is 5.32 Å². The molecule has 3 aromatic rings. The average Bonchev–Trinajstić information content (AvgIpc) is 3.35. The number of anilines is 1. The zero-order valence-corrected chi connectivity index (χ0v) is 20.0. The fourth-order valence-corrected chi connectivity index (χ4v) is 3.71. The van der Waals surface area contributed by atoms with Crippen LogP contribution in [0.4, 0.5) is 18.9 Å². The Hall–Kier alpha value is -3.77. The number of nitrogens with zero attached hydrogens (tertiary/aromatic N) is 2. The van der Waals surface area contributed by atoms with Crippen molar-refractivity contribution >= 4 is 52.7 Å². The number of nitrogens with one attached hydrogen (secondary N) is 4. The van der Waals surface area contributed by atoms with Gasteiger partial charge >= 0.3 is 6.36 Å². The van der Waals surface area contributed by atoms with E-state index in [-0.39, 0.29) is 17.6 Å². The summed E-state index contributed by atoms with van der Waals surface area (Å²) in [5.74, 6) is -0.318. The number of thiocarbonyl (C=S) groups is 1. The van der Waals surface area contributed by atoms with E-state index in [4.69, 9.17) is 17.6 Å². The Bertz CT molecular complexity index is 1180. The molecule has 1 aromatic heterocycles. The molecule has 0 amide bonds. The quantitative estimate of drug-likeness (QED) is 0.133. The fraction of sp³-hybridized carbons (Fsp3) is 0.130. The number of rotatable bonds is 8. The molecule has 1 unspecified atom stereocenters. The summed E-state index contributed by atoms with van der Waals surface area (Å²) >= 11 is 6.87. The fourth-order valence-electron chi connectivity index (χ4n) is 2.72. The first kappa shape index (κ1) is 25.8. The van der Waals surface area contributed by atoms with Crippen LogP contribution >= 0.6 is 23.6 Å². The van der Waals surface area contributed by atoms with Gasteiger partial charge in [0.2, 0.25) is 0 Å². The molecule has 1 heterocycles. The van der Waals surface area contributed by atoms with E-state index < -0.39 is 6.36 Å². The molecule has 0 spiro atoms. The number of amidine groups is 1. The number of hydrazone groups is 1. The molecule has 0 saturated carbocycles. The minimum atomic E-state index is -4.74. The first-order chi connectivity index (χ1) is 16.7. The minimum absolute atomic E-state index is 0.00364. The van der Waals surface area contributed by atoms with Crippen LogP contribution in [-0.2, 0) is 0 Å². The van der Waals surface area contributed by atoms with Crippen LogP contribution in [0.2, 0.25) is 0 Å². The second-order valence-corrected chi connectivity index (χ2v) is 8.26. The van der Waals surface area contributed by atoms with Gasteiger partial charge in [-0.1, -0.05) is 24.3 Å². The van der Waals surface area contributed by atoms with Gasteiger partial charge in [-0.2, -0.15) is 16.4 Å². The van der Waals surface area contributed by atoms with Crippen LogP contribution in [0.1, 0.15) is 29.7 Å². The van der Waals surface area contributed by atoms with Crippen LogP contribution < -0.4 is 20.8 Å². The zero-order chi connectivity index (χ0) is 25.3. The van der Waals surface area contributed by atoms with Gasteiger partial charge in [-0.15, -0.1) is 13.2 Å². The maximum atomic E-state index is 12.2. The van der Waals surface area contributed by atoms with Crippen LogP contribution in [0.5, 0.6) is 5.75 Å². The molecular weight excluding hydrogens is 497 g/mol. The van der Waals surface area contributed by atoms with Crippen LogP contribution in [0.15, 0.2) is 75.5 Å². The lowest BCUT2D eigenvalue weighted by molar-refractivity contribution is -0.274. The number of alkyl halides is 3. The Labute approximate surface area is 209 Å². The highest BCUT2D eigenvalue weighted by atomic mass is 32.1. The van der Waals surface area contributed by atoms with Gasteiger partial charge in [-0.3, -0.25) is 10.8 Å². The SMILES string of the molecule is CC(NC(=S)N/N=C/c1ccc(C(=N)/N=C\Nc2ccc(OC(F)(F)F)cc2)cc1)c1ccsc1. The zero-order valence-electron chi connectivity index (χ0n) is 18.3. The molecule has 0 bridgehead atoms. The van der Waals surface area contributed by atoms with Crippen molar-refractivity contribution in [3.05, 3.63) is 82.0 Å². The van der Waals surface area contributed by atoms with Gasteiger partial charge in [-0.05, 0) is 71.4 Å². The van der Waals surface area contributed by atoms with E-state index in [1.807, 2.05) is 18.4 Å². The molecule has 0 saturated heterocycles. The maximum Gasteiger partial charge on any atom is 0.573 e. The summed E-state index contributed by atoms with van der Waals surface area (Å²) in [4.78, 5) is 4.00. The van der Waals surface area contributed by atoms with Gasteiger partial charge in [0.1, 0.15) is 5.75 Å². The third kappa shape index (κ3) is 8.83. The Kier molecular flexibility index (Phi) is 8.92. The summed E-state index contributed by atoms with van der Waals surface area (Å²) in [7, 11) is 0. The molecule has 7 nitrogen and oxygen atoms in total. The number of hydrogen-bond acceptors (Lipinski definition) is 5. The Balaban J connectivity index is 1.45. The van der Waals surface area contributed by atoms with Crippen molar-refractivity contribution < 1.29 is 17.9 Å². The van der Waals surface area contributed by atoms with Crippen molar-refractivity contribution in [2.45, 2.75) is 19.3 Å². The Morgan fingerprint density at radius 1 is 1.11 bits per heavy atom. The van der Waals surface area contributed by atoms with E-state index in [2.05, 4.69) is 36.3 Å². The van der Waals surface area contributed by atoms with Gasteiger partial charge in [0.25, 0.3) is 0 Å². The molecular formula is C23H21F3N6OS2. The summed E-state index contributed by atoms with van der Waals surface area (Å²) < 4.78 is 40.4. The summed E-state index contributed by atoms with van der Waals surface area (Å²) in [6.45, 7) is 2.01. The topological polar surface area (TPSA) is 93.9 Å². The summed E-state index contributed by atoms with van der Waals surface area (Å²) in [6.07, 6.45) is -1.85. The number of halogens is 3. The highest BCUT2D eigenvalue weighted by Crippen LogP contribution is 2.23. The Morgan fingerprint density at radius 2 is 1.83 bits per heavy atom. The highest BCUT2D eigenvalue weighted by Gasteiger charge is 2.30. The molecule has 3 rings (SSSR count). The standard InChI is InChI=1S/C23H21F3N6OS2/c1-15(18-10-11-35-13-18)31-22(34)32-30-12-16-2-4-17(5-3-16)21(27)29-14-28-19-6-8-20(9-7-19)33-23(24,25)26/h2-15H,1H3,(H2,27,28,29)(H2,31,32,34)/b30-12+. The predicted octanol–water partition coefficient (Wildman–Crippen LogP) is 5.67. The lowest BCUT2D eigenvalue weighted by Gasteiger charge is -2.13. The molecule has 0 aliphatic carbocycles. The average molecular weight is 519 g/mol. The summed E-state index contributed by atoms with van der Waals surface area (Å²) in [5, 5.41) is 22.6. The third-order valence-electron chi connectivity index (χ3n) is 4.47. The van der Waals surface area contributed by atoms with Gasteiger partial charge in [0.05, 0.1) is 18.6 Å². The molecule has 0 aliphatic rings. The van der Waals surface area contributed by atoms with E-state index in [0.29, 0.717) is 16.4 Å². The summed E-state index contributed by atoms with van der Waals surface area (Å²) in [5.41, 5.74) is 5.78. The molecule has 2 aromatic carbocycles. The smallest absolute Gasteiger partial charge is 0.406 e. The van der Waals surface area contributed by atoms with Gasteiger partial charge < -0.3 is 15.4 Å². The van der Waals surface area contributed by atoms with Gasteiger partial charge in [-0.25, -0.2) is 4.99 Å². The van der Waals surface area contributed by atoms with E-state index >= 15 is 0 Å². The van der Waals surface area contributed by atoms with Crippen molar-refractivity contribution in [2.24, 2.45) is 10.1 Å². The van der Waals surface area contributed by atoms with Crippen molar-refractivity contribution in [3.63, 3.8) is 0 Å². The molecule has 12 heteroatoms. The predicted molar refractivity (Wildman–Crippen MR) is 138 cm³/mol. The molecule has 1 atom stereocenters. The van der Waals surface area contributed by atoms with Gasteiger partial charge in [0, 0.05) is 11.3 Å². The van der Waals surface area contributed by atoms with Crippen LogP contribution in [0.25, 0.3) is 0 Å². The number of aliphatic imine (C=N–C) groups is 1. The first-order valence-electron chi connectivity index (χ1n) is 10.1. The van der Waals surface area contributed by atoms with Crippen molar-refractivity contribution in [1.29, 1.82) is 5.41 Å². The molecule has 0 aliphatic heterocycles. The van der Waals surface area contributed by atoms with Crippen molar-refractivity contribution in [3.8, 4) is 5.75 Å². The van der Waals surface area contributed by atoms with Gasteiger partial charge in [0.15, 0.2) is 10.9 Å². The van der Waals surface area contributed by atoms with Crippen LogP contribution in [0.3, 0.4) is 0 Å². The Morgan fingerprint density at radius 3 is 2.46 bits per heavy atom.